The first kappa shape index (κ1) is 19.5. The molecule has 1 nitrogen and oxygen atoms in total. The van der Waals surface area contributed by atoms with Crippen LogP contribution in [0.1, 0.15) is 13.3 Å². The van der Waals surface area contributed by atoms with Crippen molar-refractivity contribution in [3.05, 3.63) is 0 Å². The normalized spacial score (nSPS) is 16.0. The molecule has 0 aromatic rings. The molecule has 19 heavy (non-hydrogen) atoms. The minimum absolute atomic E-state index is 0.132. The smallest absolute Gasteiger partial charge is 0.404 e. The van der Waals surface area contributed by atoms with Gasteiger partial charge in [-0.05, 0) is 31.6 Å². The molecule has 0 amide bonds. The van der Waals surface area contributed by atoms with Gasteiger partial charge in [-0.3, -0.25) is 0 Å². The summed E-state index contributed by atoms with van der Waals surface area (Å²) in [5, 5.41) is -2.07. The highest BCUT2D eigenvalue weighted by molar-refractivity contribution is 8.23. The van der Waals surface area contributed by atoms with Gasteiger partial charge in [0.2, 0.25) is 4.38 Å². The van der Waals surface area contributed by atoms with Crippen molar-refractivity contribution in [3.8, 4) is 0 Å². The lowest BCUT2D eigenvalue weighted by atomic mass is 10.2. The fourth-order valence-electron chi connectivity index (χ4n) is 1.51. The first-order chi connectivity index (χ1) is 8.45. The van der Waals surface area contributed by atoms with Gasteiger partial charge in [-0.2, -0.15) is 13.2 Å². The van der Waals surface area contributed by atoms with E-state index in [9.17, 15) is 13.2 Å². The van der Waals surface area contributed by atoms with Crippen LogP contribution >= 0.6 is 35.6 Å². The minimum Gasteiger partial charge on any atom is -0.479 e. The Morgan fingerprint density at radius 2 is 1.89 bits per heavy atom. The van der Waals surface area contributed by atoms with Crippen LogP contribution in [0.4, 0.5) is 13.2 Å². The van der Waals surface area contributed by atoms with Gasteiger partial charge in [-0.1, -0.05) is 31.4 Å². The second-order valence-electron chi connectivity index (χ2n) is 5.43. The van der Waals surface area contributed by atoms with Crippen LogP contribution in [0, 0.1) is 0 Å². The van der Waals surface area contributed by atoms with Crippen LogP contribution in [0.5, 0.6) is 0 Å². The highest BCUT2D eigenvalue weighted by Gasteiger charge is 2.40. The van der Waals surface area contributed by atoms with E-state index in [4.69, 9.17) is 28.6 Å². The third-order valence-electron chi connectivity index (χ3n) is 2.19. The number of ether oxygens (including phenoxy) is 1. The van der Waals surface area contributed by atoms with Gasteiger partial charge in [0, 0.05) is 13.3 Å². The van der Waals surface area contributed by atoms with E-state index in [2.05, 4.69) is 19.6 Å². The molecule has 0 aromatic heterocycles. The van der Waals surface area contributed by atoms with Crippen molar-refractivity contribution in [2.45, 2.75) is 55.8 Å². The molecule has 0 rings (SSSR count). The molecule has 0 radical (unpaired) electrons. The predicted molar refractivity (Wildman–Crippen MR) is 84.1 cm³/mol. The molecule has 0 saturated heterocycles. The van der Waals surface area contributed by atoms with Crippen molar-refractivity contribution in [1.82, 2.24) is 0 Å². The third-order valence-corrected chi connectivity index (χ3v) is 6.04. The van der Waals surface area contributed by atoms with Crippen molar-refractivity contribution >= 4 is 48.0 Å². The lowest BCUT2D eigenvalue weighted by Crippen LogP contribution is -2.32. The zero-order valence-electron chi connectivity index (χ0n) is 11.5. The topological polar surface area (TPSA) is 9.23 Å². The molecule has 0 heterocycles. The Labute approximate surface area is 128 Å². The summed E-state index contributed by atoms with van der Waals surface area (Å²) in [6.07, 6.45) is -4.50. The Kier molecular flexibility index (Phi) is 8.32. The number of thiocarbonyl (C=S) groups is 1. The molecular formula is C11H20ClF3OS2Si. The molecule has 2 unspecified atom stereocenters. The molecule has 0 aliphatic carbocycles. The third kappa shape index (κ3) is 9.98. The highest BCUT2D eigenvalue weighted by atomic mass is 35.5. The molecule has 2 atom stereocenters. The van der Waals surface area contributed by atoms with Crippen molar-refractivity contribution in [2.24, 2.45) is 0 Å². The van der Waals surface area contributed by atoms with E-state index < -0.39 is 19.6 Å². The lowest BCUT2D eigenvalue weighted by Gasteiger charge is -2.26. The summed E-state index contributed by atoms with van der Waals surface area (Å²) in [7, 11) is -1.50. The molecule has 8 heteroatoms. The van der Waals surface area contributed by atoms with Gasteiger partial charge in [-0.25, -0.2) is 0 Å². The van der Waals surface area contributed by atoms with Crippen molar-refractivity contribution < 1.29 is 17.9 Å². The van der Waals surface area contributed by atoms with Crippen LogP contribution in [-0.2, 0) is 4.74 Å². The molecule has 0 aromatic carbocycles. The fourth-order valence-corrected chi connectivity index (χ4v) is 6.47. The number of alkyl halides is 4. The zero-order valence-corrected chi connectivity index (χ0v) is 14.9. The second kappa shape index (κ2) is 8.10. The summed E-state index contributed by atoms with van der Waals surface area (Å²) in [5.41, 5.74) is 0. The summed E-state index contributed by atoms with van der Waals surface area (Å²) >= 11 is 11.6. The van der Waals surface area contributed by atoms with E-state index in [0.29, 0.717) is 11.0 Å². The van der Waals surface area contributed by atoms with Gasteiger partial charge in [0.1, 0.15) is 5.38 Å². The van der Waals surface area contributed by atoms with Gasteiger partial charge in [0.15, 0.2) is 0 Å². The number of hydrogen-bond acceptors (Lipinski definition) is 3. The Balaban J connectivity index is 4.63. The minimum atomic E-state index is -4.37. The van der Waals surface area contributed by atoms with E-state index >= 15 is 0 Å². The summed E-state index contributed by atoms with van der Waals surface area (Å²) in [5.74, 6) is 0. The number of rotatable bonds is 6. The molecule has 0 spiro atoms. The van der Waals surface area contributed by atoms with Gasteiger partial charge in [0.05, 0.1) is 6.61 Å². The molecule has 114 valence electrons. The average molecular weight is 353 g/mol. The molecule has 0 fully saturated rings. The van der Waals surface area contributed by atoms with Crippen molar-refractivity contribution in [1.29, 1.82) is 0 Å². The molecule has 0 N–H and O–H groups in total. The molecule has 0 bridgehead atoms. The van der Waals surface area contributed by atoms with Crippen LogP contribution in [0.3, 0.4) is 0 Å². The van der Waals surface area contributed by atoms with Crippen LogP contribution < -0.4 is 0 Å². The van der Waals surface area contributed by atoms with E-state index in [1.165, 1.54) is 11.8 Å². The fraction of sp³-hybridized carbons (Fsp3) is 0.909. The largest absolute Gasteiger partial charge is 0.479 e. The Bertz CT molecular complexity index is 295. The number of thioether (sulfide) groups is 1. The number of halogens is 4. The molecule has 0 saturated carbocycles. The summed E-state index contributed by atoms with van der Waals surface area (Å²) < 4.78 is 43.0. The van der Waals surface area contributed by atoms with Gasteiger partial charge >= 0.3 is 6.18 Å². The van der Waals surface area contributed by atoms with E-state index in [-0.39, 0.29) is 11.7 Å². The Hall–Kier alpha value is 0.537. The quantitative estimate of drug-likeness (QED) is 0.364. The van der Waals surface area contributed by atoms with E-state index in [1.807, 2.05) is 0 Å². The average Bonchev–Trinajstić information content (AvgIpc) is 2.12. The van der Waals surface area contributed by atoms with Crippen molar-refractivity contribution in [3.63, 3.8) is 0 Å². The standard InChI is InChI=1S/C11H20ClF3OS2Si/c1-5-16-10(17)18-8(7-19(2,3)4)6-9(12)11(13,14)15/h8-9H,5-7H2,1-4H3. The first-order valence-corrected chi connectivity index (χ1v) is 11.4. The van der Waals surface area contributed by atoms with Gasteiger partial charge in [-0.15, -0.1) is 11.6 Å². The predicted octanol–water partition coefficient (Wildman–Crippen LogP) is 5.31. The van der Waals surface area contributed by atoms with Crippen LogP contribution in [0.15, 0.2) is 0 Å². The SMILES string of the molecule is CCOC(=S)SC(CC(Cl)C(F)(F)F)C[Si](C)(C)C. The Morgan fingerprint density at radius 3 is 2.26 bits per heavy atom. The maximum Gasteiger partial charge on any atom is 0.404 e. The van der Waals surface area contributed by atoms with Crippen LogP contribution in [0.25, 0.3) is 0 Å². The van der Waals surface area contributed by atoms with E-state index in [0.717, 1.165) is 6.04 Å². The van der Waals surface area contributed by atoms with Gasteiger partial charge in [0.25, 0.3) is 0 Å². The van der Waals surface area contributed by atoms with Crippen molar-refractivity contribution in [2.75, 3.05) is 6.61 Å². The van der Waals surface area contributed by atoms with E-state index in [1.54, 1.807) is 6.92 Å². The summed E-state index contributed by atoms with van der Waals surface area (Å²) in [4.78, 5) is 0. The highest BCUT2D eigenvalue weighted by Crippen LogP contribution is 2.35. The Morgan fingerprint density at radius 1 is 1.37 bits per heavy atom. The van der Waals surface area contributed by atoms with Crippen LogP contribution in [-0.4, -0.2) is 35.9 Å². The maximum atomic E-state index is 12.5. The first-order valence-electron chi connectivity index (χ1n) is 6.00. The van der Waals surface area contributed by atoms with Crippen LogP contribution in [0.2, 0.25) is 25.7 Å². The summed E-state index contributed by atoms with van der Waals surface area (Å²) in [6.45, 7) is 8.55. The zero-order chi connectivity index (χ0) is 15.3. The van der Waals surface area contributed by atoms with Gasteiger partial charge < -0.3 is 4.74 Å². The molecular weight excluding hydrogens is 333 g/mol. The number of hydrogen-bond donors (Lipinski definition) is 0. The monoisotopic (exact) mass is 352 g/mol. The second-order valence-corrected chi connectivity index (χ2v) is 13.4. The molecule has 0 aliphatic heterocycles. The lowest BCUT2D eigenvalue weighted by molar-refractivity contribution is -0.131. The molecule has 0 aliphatic rings. The summed E-state index contributed by atoms with van der Waals surface area (Å²) in [6, 6.07) is 0.726. The maximum absolute atomic E-state index is 12.5.